The maximum atomic E-state index is 6.04. The van der Waals surface area contributed by atoms with Gasteiger partial charge in [-0.3, -0.25) is 4.40 Å². The van der Waals surface area contributed by atoms with E-state index in [2.05, 4.69) is 15.6 Å². The molecule has 6 nitrogen and oxygen atoms in total. The van der Waals surface area contributed by atoms with Gasteiger partial charge < -0.3 is 14.2 Å². The van der Waals surface area contributed by atoms with Gasteiger partial charge in [-0.05, 0) is 36.8 Å². The van der Waals surface area contributed by atoms with Crippen molar-refractivity contribution in [3.05, 3.63) is 46.8 Å². The first-order valence-electron chi connectivity index (χ1n) is 8.64. The van der Waals surface area contributed by atoms with Gasteiger partial charge in [-0.2, -0.15) is 0 Å². The average molecular weight is 416 g/mol. The summed E-state index contributed by atoms with van der Waals surface area (Å²) in [6, 6.07) is 11.5. The van der Waals surface area contributed by atoms with Crippen LogP contribution in [0, 0.1) is 0 Å². The Kier molecular flexibility index (Phi) is 5.11. The van der Waals surface area contributed by atoms with Crippen LogP contribution in [0.2, 0.25) is 5.02 Å². The van der Waals surface area contributed by atoms with Crippen LogP contribution >= 0.6 is 22.9 Å². The van der Waals surface area contributed by atoms with Gasteiger partial charge in [0.1, 0.15) is 0 Å². The molecular weight excluding hydrogens is 398 g/mol. The number of rotatable bonds is 6. The highest BCUT2D eigenvalue weighted by molar-refractivity contribution is 7.15. The Balaban J connectivity index is 1.90. The molecular formula is C20H18ClN3O3S. The largest absolute Gasteiger partial charge is 0.493 e. The maximum absolute atomic E-state index is 6.04. The number of ether oxygens (including phenoxy) is 3. The van der Waals surface area contributed by atoms with Crippen molar-refractivity contribution in [2.75, 3.05) is 20.8 Å². The second-order valence-electron chi connectivity index (χ2n) is 5.91. The number of halogens is 1. The predicted octanol–water partition coefficient (Wildman–Crippen LogP) is 5.19. The molecule has 4 aromatic rings. The third kappa shape index (κ3) is 3.16. The highest BCUT2D eigenvalue weighted by Crippen LogP contribution is 2.42. The van der Waals surface area contributed by atoms with Crippen LogP contribution < -0.4 is 14.2 Å². The summed E-state index contributed by atoms with van der Waals surface area (Å²) in [4.78, 5) is 0.798. The molecule has 0 spiro atoms. The topological polar surface area (TPSA) is 57.9 Å². The zero-order valence-corrected chi connectivity index (χ0v) is 17.2. The second kappa shape index (κ2) is 7.69. The van der Waals surface area contributed by atoms with E-state index >= 15 is 0 Å². The van der Waals surface area contributed by atoms with Crippen LogP contribution in [0.4, 0.5) is 0 Å². The molecule has 0 N–H and O–H groups in total. The Hall–Kier alpha value is -2.77. The van der Waals surface area contributed by atoms with Gasteiger partial charge >= 0.3 is 0 Å². The van der Waals surface area contributed by atoms with Crippen LogP contribution in [0.25, 0.3) is 27.6 Å². The second-order valence-corrected chi connectivity index (χ2v) is 7.19. The minimum atomic E-state index is 0.506. The third-order valence-corrected chi connectivity index (χ3v) is 5.37. The lowest BCUT2D eigenvalue weighted by molar-refractivity contribution is 0.288. The fourth-order valence-electron chi connectivity index (χ4n) is 3.03. The number of thiazole rings is 1. The standard InChI is InChI=1S/C20H18ClN3O3S/c1-4-27-18-16(25-2)9-13(10-17(18)26-3)19-22-23-20-24(19)15(11-28-20)12-5-7-14(21)8-6-12/h5-11H,4H2,1-3H3. The number of methoxy groups -OCH3 is 2. The van der Waals surface area contributed by atoms with Gasteiger partial charge in [-0.25, -0.2) is 0 Å². The minimum absolute atomic E-state index is 0.506. The fourth-order valence-corrected chi connectivity index (χ4v) is 3.99. The summed E-state index contributed by atoms with van der Waals surface area (Å²) < 4.78 is 18.8. The number of hydrogen-bond donors (Lipinski definition) is 0. The smallest absolute Gasteiger partial charge is 0.216 e. The van der Waals surface area contributed by atoms with Gasteiger partial charge in [0.25, 0.3) is 0 Å². The van der Waals surface area contributed by atoms with E-state index in [0.29, 0.717) is 34.7 Å². The highest BCUT2D eigenvalue weighted by Gasteiger charge is 2.20. The molecule has 0 aliphatic heterocycles. The molecule has 2 heterocycles. The Morgan fingerprint density at radius 1 is 1.00 bits per heavy atom. The van der Waals surface area contributed by atoms with Gasteiger partial charge in [0.15, 0.2) is 17.3 Å². The third-order valence-electron chi connectivity index (χ3n) is 4.30. The molecule has 0 amide bonds. The Morgan fingerprint density at radius 3 is 2.29 bits per heavy atom. The summed E-state index contributed by atoms with van der Waals surface area (Å²) >= 11 is 7.56. The van der Waals surface area contributed by atoms with Crippen LogP contribution in [0.1, 0.15) is 6.92 Å². The molecule has 2 aromatic heterocycles. The fraction of sp³-hybridized carbons (Fsp3) is 0.200. The van der Waals surface area contributed by atoms with Crippen LogP contribution in [0.5, 0.6) is 17.2 Å². The van der Waals surface area contributed by atoms with Crippen LogP contribution in [0.15, 0.2) is 41.8 Å². The molecule has 0 saturated heterocycles. The van der Waals surface area contributed by atoms with E-state index in [1.54, 1.807) is 14.2 Å². The van der Waals surface area contributed by atoms with Gasteiger partial charge in [0.2, 0.25) is 10.7 Å². The number of aromatic nitrogens is 3. The van der Waals surface area contributed by atoms with Crippen molar-refractivity contribution >= 4 is 27.9 Å². The Morgan fingerprint density at radius 2 is 1.68 bits per heavy atom. The normalized spacial score (nSPS) is 11.0. The number of hydrogen-bond acceptors (Lipinski definition) is 6. The Bertz CT molecular complexity index is 1100. The first kappa shape index (κ1) is 18.6. The summed E-state index contributed by atoms with van der Waals surface area (Å²) in [5.41, 5.74) is 2.84. The zero-order chi connectivity index (χ0) is 19.7. The lowest BCUT2D eigenvalue weighted by Crippen LogP contribution is -2.00. The van der Waals surface area contributed by atoms with Crippen molar-refractivity contribution in [1.29, 1.82) is 0 Å². The quantitative estimate of drug-likeness (QED) is 0.433. The van der Waals surface area contributed by atoms with E-state index in [0.717, 1.165) is 21.8 Å². The van der Waals surface area contributed by atoms with Crippen LogP contribution in [-0.2, 0) is 0 Å². The monoisotopic (exact) mass is 415 g/mol. The summed E-state index contributed by atoms with van der Waals surface area (Å²) in [6.07, 6.45) is 0. The van der Waals surface area contributed by atoms with E-state index in [9.17, 15) is 0 Å². The Labute approximate surface area is 171 Å². The van der Waals surface area contributed by atoms with Crippen LogP contribution in [0.3, 0.4) is 0 Å². The van der Waals surface area contributed by atoms with Gasteiger partial charge in [-0.1, -0.05) is 23.7 Å². The molecule has 0 radical (unpaired) electrons. The first-order valence-corrected chi connectivity index (χ1v) is 9.89. The summed E-state index contributed by atoms with van der Waals surface area (Å²) in [5, 5.41) is 11.5. The van der Waals surface area contributed by atoms with Crippen molar-refractivity contribution in [2.45, 2.75) is 6.92 Å². The predicted molar refractivity (Wildman–Crippen MR) is 111 cm³/mol. The number of benzene rings is 2. The SMILES string of the molecule is CCOc1c(OC)cc(-c2nnc3scc(-c4ccc(Cl)cc4)n23)cc1OC. The molecule has 0 unspecified atom stereocenters. The molecule has 144 valence electrons. The van der Waals surface area contributed by atoms with Gasteiger partial charge in [-0.15, -0.1) is 21.5 Å². The molecule has 2 aromatic carbocycles. The maximum Gasteiger partial charge on any atom is 0.216 e. The molecule has 4 rings (SSSR count). The van der Waals surface area contributed by atoms with E-state index in [1.807, 2.05) is 47.7 Å². The summed E-state index contributed by atoms with van der Waals surface area (Å²) in [6.45, 7) is 2.42. The van der Waals surface area contributed by atoms with Crippen molar-refractivity contribution in [3.63, 3.8) is 0 Å². The zero-order valence-electron chi connectivity index (χ0n) is 15.6. The van der Waals surface area contributed by atoms with Crippen molar-refractivity contribution in [3.8, 4) is 39.9 Å². The molecule has 0 atom stereocenters. The molecule has 0 saturated carbocycles. The van der Waals surface area contributed by atoms with E-state index in [1.165, 1.54) is 11.3 Å². The van der Waals surface area contributed by atoms with Crippen LogP contribution in [-0.4, -0.2) is 35.4 Å². The van der Waals surface area contributed by atoms with E-state index in [4.69, 9.17) is 25.8 Å². The number of fused-ring (bicyclic) bond motifs is 1. The highest BCUT2D eigenvalue weighted by atomic mass is 35.5. The number of nitrogens with zero attached hydrogens (tertiary/aromatic N) is 3. The lowest BCUT2D eigenvalue weighted by Gasteiger charge is -2.15. The molecule has 0 fully saturated rings. The minimum Gasteiger partial charge on any atom is -0.493 e. The van der Waals surface area contributed by atoms with Crippen molar-refractivity contribution in [1.82, 2.24) is 14.6 Å². The van der Waals surface area contributed by atoms with Gasteiger partial charge in [0.05, 0.1) is 26.5 Å². The summed E-state index contributed by atoms with van der Waals surface area (Å²) in [5.74, 6) is 2.42. The van der Waals surface area contributed by atoms with Gasteiger partial charge in [0, 0.05) is 16.0 Å². The first-order chi connectivity index (χ1) is 13.7. The van der Waals surface area contributed by atoms with E-state index < -0.39 is 0 Å². The lowest BCUT2D eigenvalue weighted by atomic mass is 10.1. The average Bonchev–Trinajstić information content (AvgIpc) is 3.31. The molecule has 0 aliphatic carbocycles. The molecule has 28 heavy (non-hydrogen) atoms. The molecule has 0 aliphatic rings. The van der Waals surface area contributed by atoms with Crippen molar-refractivity contribution < 1.29 is 14.2 Å². The molecule has 8 heteroatoms. The van der Waals surface area contributed by atoms with Crippen molar-refractivity contribution in [2.24, 2.45) is 0 Å². The van der Waals surface area contributed by atoms with E-state index in [-0.39, 0.29) is 0 Å². The molecule has 0 bridgehead atoms. The summed E-state index contributed by atoms with van der Waals surface area (Å²) in [7, 11) is 3.20.